The molecule has 1 aromatic heterocycles. The first-order chi connectivity index (χ1) is 15.5. The zero-order chi connectivity index (χ0) is 21.9. The van der Waals surface area contributed by atoms with E-state index in [-0.39, 0.29) is 6.04 Å². The number of rotatable bonds is 3. The van der Waals surface area contributed by atoms with Crippen LogP contribution in [0.15, 0.2) is 96.0 Å². The molecule has 4 aromatic rings. The van der Waals surface area contributed by atoms with Gasteiger partial charge in [0, 0.05) is 28.8 Å². The molecule has 6 rings (SSSR count). The molecule has 0 saturated carbocycles. The van der Waals surface area contributed by atoms with Gasteiger partial charge in [-0.05, 0) is 49.1 Å². The molecular formula is C27H24N2O2S. The Kier molecular flexibility index (Phi) is 4.30. The number of aryl methyl sites for hydroxylation is 1. The molecule has 0 saturated heterocycles. The summed E-state index contributed by atoms with van der Waals surface area (Å²) in [4.78, 5) is 0.296. The molecule has 1 N–H and O–H groups in total. The molecule has 2 heterocycles. The van der Waals surface area contributed by atoms with Crippen LogP contribution in [0.2, 0.25) is 0 Å². The van der Waals surface area contributed by atoms with Gasteiger partial charge in [0.2, 0.25) is 0 Å². The van der Waals surface area contributed by atoms with Crippen molar-refractivity contribution in [1.82, 2.24) is 3.97 Å². The van der Waals surface area contributed by atoms with Crippen LogP contribution >= 0.6 is 0 Å². The molecule has 3 aromatic carbocycles. The molecule has 5 heteroatoms. The number of aromatic nitrogens is 1. The van der Waals surface area contributed by atoms with Crippen LogP contribution in [0.1, 0.15) is 35.1 Å². The summed E-state index contributed by atoms with van der Waals surface area (Å²) >= 11 is 0. The van der Waals surface area contributed by atoms with Crippen LogP contribution in [0.25, 0.3) is 10.9 Å². The number of anilines is 1. The lowest BCUT2D eigenvalue weighted by atomic mass is 9.76. The number of nitrogens with zero attached hydrogens (tertiary/aromatic N) is 1. The van der Waals surface area contributed by atoms with E-state index in [0.717, 1.165) is 23.1 Å². The molecule has 0 fully saturated rings. The predicted molar refractivity (Wildman–Crippen MR) is 128 cm³/mol. The van der Waals surface area contributed by atoms with E-state index in [1.807, 2.05) is 36.5 Å². The molecule has 1 aliphatic carbocycles. The van der Waals surface area contributed by atoms with E-state index in [1.54, 1.807) is 24.3 Å². The summed E-state index contributed by atoms with van der Waals surface area (Å²) < 4.78 is 28.5. The Morgan fingerprint density at radius 1 is 0.938 bits per heavy atom. The van der Waals surface area contributed by atoms with Gasteiger partial charge < -0.3 is 5.32 Å². The molecule has 2 aliphatic rings. The number of para-hydroxylation sites is 1. The van der Waals surface area contributed by atoms with E-state index < -0.39 is 10.0 Å². The Hall–Kier alpha value is -3.31. The van der Waals surface area contributed by atoms with Crippen molar-refractivity contribution in [3.8, 4) is 0 Å². The number of hydrogen-bond acceptors (Lipinski definition) is 3. The zero-order valence-electron chi connectivity index (χ0n) is 17.8. The summed E-state index contributed by atoms with van der Waals surface area (Å²) in [5.41, 5.74) is 5.47. The van der Waals surface area contributed by atoms with Gasteiger partial charge in [-0.2, -0.15) is 0 Å². The summed E-state index contributed by atoms with van der Waals surface area (Å²) in [7, 11) is -3.70. The van der Waals surface area contributed by atoms with Gasteiger partial charge >= 0.3 is 0 Å². The number of allylic oxidation sites excluding steroid dienone is 2. The minimum absolute atomic E-state index is 0.0299. The quantitative estimate of drug-likeness (QED) is 0.397. The van der Waals surface area contributed by atoms with Gasteiger partial charge in [-0.15, -0.1) is 0 Å². The smallest absolute Gasteiger partial charge is 0.268 e. The fraction of sp³-hybridized carbons (Fsp3) is 0.185. The molecule has 4 nitrogen and oxygen atoms in total. The third-order valence-electron chi connectivity index (χ3n) is 6.86. The van der Waals surface area contributed by atoms with Crippen molar-refractivity contribution in [2.45, 2.75) is 30.2 Å². The third kappa shape index (κ3) is 2.84. The van der Waals surface area contributed by atoms with Crippen LogP contribution in [0.3, 0.4) is 0 Å². The highest BCUT2D eigenvalue weighted by molar-refractivity contribution is 7.90. The second-order valence-electron chi connectivity index (χ2n) is 8.78. The first-order valence-corrected chi connectivity index (χ1v) is 12.4. The van der Waals surface area contributed by atoms with Gasteiger partial charge in [0.25, 0.3) is 10.0 Å². The van der Waals surface area contributed by atoms with Crippen molar-refractivity contribution in [3.05, 3.63) is 108 Å². The lowest BCUT2D eigenvalue weighted by Gasteiger charge is -2.37. The van der Waals surface area contributed by atoms with E-state index in [1.165, 1.54) is 15.1 Å². The van der Waals surface area contributed by atoms with E-state index in [4.69, 9.17) is 0 Å². The van der Waals surface area contributed by atoms with Crippen LogP contribution in [0, 0.1) is 12.8 Å². The van der Waals surface area contributed by atoms with E-state index in [9.17, 15) is 8.42 Å². The number of fused-ring (bicyclic) bond motifs is 4. The minimum Gasteiger partial charge on any atom is -0.378 e. The molecule has 1 aliphatic heterocycles. The Balaban J connectivity index is 1.53. The summed E-state index contributed by atoms with van der Waals surface area (Å²) in [6.07, 6.45) is 7.39. The maximum absolute atomic E-state index is 13.5. The number of benzene rings is 3. The highest BCUT2D eigenvalue weighted by atomic mass is 32.2. The number of nitrogens with one attached hydrogen (secondary N) is 1. The number of hydrogen-bond donors (Lipinski definition) is 1. The average Bonchev–Trinajstić information content (AvgIpc) is 3.45. The highest BCUT2D eigenvalue weighted by Gasteiger charge is 2.39. The van der Waals surface area contributed by atoms with Gasteiger partial charge in [-0.25, -0.2) is 12.4 Å². The molecule has 160 valence electrons. The fourth-order valence-corrected chi connectivity index (χ4v) is 6.75. The van der Waals surface area contributed by atoms with Gasteiger partial charge in [-0.1, -0.05) is 66.2 Å². The van der Waals surface area contributed by atoms with E-state index in [2.05, 4.69) is 42.6 Å². The maximum Gasteiger partial charge on any atom is 0.268 e. The average molecular weight is 441 g/mol. The third-order valence-corrected chi connectivity index (χ3v) is 8.55. The van der Waals surface area contributed by atoms with Crippen molar-refractivity contribution < 1.29 is 8.42 Å². The first kappa shape index (κ1) is 19.4. The zero-order valence-corrected chi connectivity index (χ0v) is 18.6. The van der Waals surface area contributed by atoms with Crippen LogP contribution in [-0.2, 0) is 10.0 Å². The maximum atomic E-state index is 13.5. The molecular weight excluding hydrogens is 416 g/mol. The summed E-state index contributed by atoms with van der Waals surface area (Å²) in [5, 5.41) is 4.74. The topological polar surface area (TPSA) is 51.1 Å². The minimum atomic E-state index is -3.70. The molecule has 3 atom stereocenters. The second-order valence-corrected chi connectivity index (χ2v) is 10.6. The van der Waals surface area contributed by atoms with Gasteiger partial charge in [0.15, 0.2) is 0 Å². The molecule has 0 radical (unpaired) electrons. The first-order valence-electron chi connectivity index (χ1n) is 11.0. The lowest BCUT2D eigenvalue weighted by molar-refractivity contribution is 0.427. The van der Waals surface area contributed by atoms with Gasteiger partial charge in [0.1, 0.15) is 0 Å². The Bertz CT molecular complexity index is 1470. The highest BCUT2D eigenvalue weighted by Crippen LogP contribution is 2.51. The largest absolute Gasteiger partial charge is 0.378 e. The lowest BCUT2D eigenvalue weighted by Crippen LogP contribution is -2.29. The normalized spacial score (nSPS) is 21.8. The van der Waals surface area contributed by atoms with Crippen LogP contribution in [0.4, 0.5) is 5.69 Å². The SMILES string of the molecule is Cc1ccc2c(c1)[C@@H]1C=CC[C@@H]1[C@H](c1cn(S(=O)(=O)c3ccccc3)c3ccccc13)N2. The summed E-state index contributed by atoms with van der Waals surface area (Å²) in [5.74, 6) is 0.687. The predicted octanol–water partition coefficient (Wildman–Crippen LogP) is 6.01. The van der Waals surface area contributed by atoms with Gasteiger partial charge in [-0.3, -0.25) is 0 Å². The van der Waals surface area contributed by atoms with Crippen molar-refractivity contribution in [2.75, 3.05) is 5.32 Å². The Morgan fingerprint density at radius 3 is 2.56 bits per heavy atom. The Morgan fingerprint density at radius 2 is 1.72 bits per heavy atom. The van der Waals surface area contributed by atoms with E-state index in [0.29, 0.717) is 22.2 Å². The molecule has 32 heavy (non-hydrogen) atoms. The van der Waals surface area contributed by atoms with Crippen molar-refractivity contribution in [2.24, 2.45) is 5.92 Å². The monoisotopic (exact) mass is 440 g/mol. The molecule has 0 amide bonds. The van der Waals surface area contributed by atoms with Crippen LogP contribution in [-0.4, -0.2) is 12.4 Å². The summed E-state index contributed by atoms with van der Waals surface area (Å²) in [6, 6.07) is 23.0. The van der Waals surface area contributed by atoms with Crippen LogP contribution < -0.4 is 5.32 Å². The van der Waals surface area contributed by atoms with Crippen molar-refractivity contribution in [1.29, 1.82) is 0 Å². The summed E-state index contributed by atoms with van der Waals surface area (Å²) in [6.45, 7) is 2.13. The second kappa shape index (κ2) is 7.10. The van der Waals surface area contributed by atoms with Crippen LogP contribution in [0.5, 0.6) is 0 Å². The molecule has 0 spiro atoms. The Labute approximate surface area is 188 Å². The van der Waals surface area contributed by atoms with Crippen molar-refractivity contribution in [3.63, 3.8) is 0 Å². The standard InChI is InChI=1S/C27H24N2O2S/c1-18-14-15-25-23(16-18)20-11-7-12-22(20)27(28-25)24-17-29(26-13-6-5-10-21(24)26)32(30,31)19-8-3-2-4-9-19/h2-11,13-17,20,22,27-28H,12H2,1H3/t20-,22+,27-/m1/s1. The molecule has 0 unspecified atom stereocenters. The van der Waals surface area contributed by atoms with E-state index >= 15 is 0 Å². The van der Waals surface area contributed by atoms with Gasteiger partial charge in [0.05, 0.1) is 16.5 Å². The fourth-order valence-electron chi connectivity index (χ4n) is 5.35. The van der Waals surface area contributed by atoms with Crippen molar-refractivity contribution >= 4 is 26.6 Å². The molecule has 0 bridgehead atoms.